The zero-order chi connectivity index (χ0) is 19.5. The predicted molar refractivity (Wildman–Crippen MR) is 110 cm³/mol. The molecule has 0 radical (unpaired) electrons. The maximum absolute atomic E-state index is 12.9. The van der Waals surface area contributed by atoms with Crippen LogP contribution in [0.1, 0.15) is 34.0 Å². The zero-order valence-electron chi connectivity index (χ0n) is 16.0. The number of aryl methyl sites for hydroxylation is 2. The molecule has 140 valence electrons. The third-order valence-corrected chi connectivity index (χ3v) is 4.88. The van der Waals surface area contributed by atoms with E-state index in [9.17, 15) is 4.79 Å². The molecule has 4 heteroatoms. The molecule has 0 saturated heterocycles. The van der Waals surface area contributed by atoms with E-state index in [2.05, 4.69) is 16.5 Å². The van der Waals surface area contributed by atoms with Crippen LogP contribution in [-0.4, -0.2) is 11.1 Å². The number of hydrogen-bond acceptors (Lipinski definition) is 3. The molecule has 4 rings (SSSR count). The highest BCUT2D eigenvalue weighted by Crippen LogP contribution is 2.25. The minimum absolute atomic E-state index is 0.0907. The molecule has 0 aliphatic carbocycles. The highest BCUT2D eigenvalue weighted by Gasteiger charge is 2.19. The van der Waals surface area contributed by atoms with Gasteiger partial charge in [-0.05, 0) is 42.2 Å². The Bertz CT molecular complexity index is 1060. The van der Waals surface area contributed by atoms with Gasteiger partial charge in [0.05, 0.1) is 12.5 Å². The molecular weight excluding hydrogens is 348 g/mol. The lowest BCUT2D eigenvalue weighted by molar-refractivity contribution is -0.121. The van der Waals surface area contributed by atoms with E-state index in [0.717, 1.165) is 33.2 Å². The van der Waals surface area contributed by atoms with E-state index < -0.39 is 0 Å². The first kappa shape index (κ1) is 18.0. The Morgan fingerprint density at radius 1 is 0.964 bits per heavy atom. The molecule has 28 heavy (non-hydrogen) atoms. The van der Waals surface area contributed by atoms with Gasteiger partial charge in [0.15, 0.2) is 5.58 Å². The van der Waals surface area contributed by atoms with E-state index in [1.54, 1.807) is 0 Å². The number of aromatic nitrogens is 1. The molecule has 4 nitrogen and oxygen atoms in total. The zero-order valence-corrected chi connectivity index (χ0v) is 16.0. The molecule has 0 aliphatic heterocycles. The highest BCUT2D eigenvalue weighted by atomic mass is 16.5. The fourth-order valence-electron chi connectivity index (χ4n) is 3.58. The second-order valence-corrected chi connectivity index (χ2v) is 7.09. The number of hydrogen-bond donors (Lipinski definition) is 1. The molecule has 3 aromatic carbocycles. The monoisotopic (exact) mass is 370 g/mol. The van der Waals surface area contributed by atoms with Crippen molar-refractivity contribution in [1.29, 1.82) is 0 Å². The van der Waals surface area contributed by atoms with E-state index in [0.29, 0.717) is 5.69 Å². The molecule has 4 aromatic rings. The average Bonchev–Trinajstić information content (AvgIpc) is 3.10. The van der Waals surface area contributed by atoms with Gasteiger partial charge < -0.3 is 9.84 Å². The highest BCUT2D eigenvalue weighted by molar-refractivity contribution is 5.88. The van der Waals surface area contributed by atoms with Gasteiger partial charge in [-0.3, -0.25) is 4.79 Å². The van der Waals surface area contributed by atoms with Gasteiger partial charge in [-0.15, -0.1) is 0 Å². The first-order chi connectivity index (χ1) is 13.6. The smallest absolute Gasteiger partial charge is 0.226 e. The van der Waals surface area contributed by atoms with Crippen molar-refractivity contribution < 1.29 is 9.32 Å². The first-order valence-electron chi connectivity index (χ1n) is 9.36. The predicted octanol–water partition coefficient (Wildman–Crippen LogP) is 4.89. The van der Waals surface area contributed by atoms with Crippen LogP contribution in [0.4, 0.5) is 0 Å². The molecule has 1 N–H and O–H groups in total. The van der Waals surface area contributed by atoms with Crippen LogP contribution in [-0.2, 0) is 11.2 Å². The summed E-state index contributed by atoms with van der Waals surface area (Å²) in [5.41, 5.74) is 5.65. The van der Waals surface area contributed by atoms with Crippen LogP contribution in [0.2, 0.25) is 0 Å². The SMILES string of the molecule is Cc1cc(C)c2onc(CC(=O)NC(c3ccccc3)c3ccccc3)c2c1. The van der Waals surface area contributed by atoms with Gasteiger partial charge in [-0.25, -0.2) is 0 Å². The normalized spacial score (nSPS) is 11.1. The van der Waals surface area contributed by atoms with Gasteiger partial charge >= 0.3 is 0 Å². The number of carbonyl (C=O) groups is 1. The standard InChI is InChI=1S/C24H22N2O2/c1-16-13-17(2)24-20(14-16)21(26-28-24)15-22(27)25-23(18-9-5-3-6-10-18)19-11-7-4-8-12-19/h3-14,23H,15H2,1-2H3,(H,25,27). The van der Waals surface area contributed by atoms with E-state index in [-0.39, 0.29) is 18.4 Å². The molecular formula is C24H22N2O2. The van der Waals surface area contributed by atoms with E-state index in [4.69, 9.17) is 4.52 Å². The van der Waals surface area contributed by atoms with E-state index in [1.807, 2.05) is 80.6 Å². The second-order valence-electron chi connectivity index (χ2n) is 7.09. The Morgan fingerprint density at radius 2 is 1.57 bits per heavy atom. The molecule has 1 amide bonds. The Hall–Kier alpha value is -3.40. The number of fused-ring (bicyclic) bond motifs is 1. The third-order valence-electron chi connectivity index (χ3n) is 4.88. The fourth-order valence-corrected chi connectivity index (χ4v) is 3.58. The van der Waals surface area contributed by atoms with Gasteiger partial charge in [-0.1, -0.05) is 71.9 Å². The molecule has 0 bridgehead atoms. The summed E-state index contributed by atoms with van der Waals surface area (Å²) in [6, 6.07) is 23.8. The lowest BCUT2D eigenvalue weighted by atomic mass is 9.98. The van der Waals surface area contributed by atoms with Crippen LogP contribution < -0.4 is 5.32 Å². The molecule has 0 saturated carbocycles. The Morgan fingerprint density at radius 3 is 2.18 bits per heavy atom. The van der Waals surface area contributed by atoms with Gasteiger partial charge in [0.2, 0.25) is 5.91 Å². The number of rotatable bonds is 5. The lowest BCUT2D eigenvalue weighted by Crippen LogP contribution is -2.30. The average molecular weight is 370 g/mol. The van der Waals surface area contributed by atoms with Crippen LogP contribution in [0.3, 0.4) is 0 Å². The van der Waals surface area contributed by atoms with Gasteiger partial charge in [0.25, 0.3) is 0 Å². The van der Waals surface area contributed by atoms with Gasteiger partial charge in [0.1, 0.15) is 5.69 Å². The summed E-state index contributed by atoms with van der Waals surface area (Å²) >= 11 is 0. The summed E-state index contributed by atoms with van der Waals surface area (Å²) in [4.78, 5) is 12.9. The molecule has 1 heterocycles. The summed E-state index contributed by atoms with van der Waals surface area (Å²) < 4.78 is 5.48. The molecule has 0 unspecified atom stereocenters. The summed E-state index contributed by atoms with van der Waals surface area (Å²) in [5.74, 6) is -0.0907. The Kier molecular flexibility index (Phi) is 4.94. The van der Waals surface area contributed by atoms with Crippen molar-refractivity contribution in [2.75, 3.05) is 0 Å². The molecule has 0 atom stereocenters. The van der Waals surface area contributed by atoms with Crippen molar-refractivity contribution in [3.05, 3.63) is 101 Å². The van der Waals surface area contributed by atoms with E-state index in [1.165, 1.54) is 0 Å². The third kappa shape index (κ3) is 3.67. The van der Waals surface area contributed by atoms with Crippen molar-refractivity contribution >= 4 is 16.9 Å². The largest absolute Gasteiger partial charge is 0.356 e. The van der Waals surface area contributed by atoms with Gasteiger partial charge in [-0.2, -0.15) is 0 Å². The number of benzene rings is 3. The number of nitrogens with zero attached hydrogens (tertiary/aromatic N) is 1. The van der Waals surface area contributed by atoms with Crippen molar-refractivity contribution in [2.45, 2.75) is 26.3 Å². The number of carbonyl (C=O) groups excluding carboxylic acids is 1. The molecule has 0 fully saturated rings. The summed E-state index contributed by atoms with van der Waals surface area (Å²) in [5, 5.41) is 8.22. The van der Waals surface area contributed by atoms with Gasteiger partial charge in [0, 0.05) is 5.39 Å². The maximum atomic E-state index is 12.9. The van der Waals surface area contributed by atoms with Crippen LogP contribution in [0.5, 0.6) is 0 Å². The van der Waals surface area contributed by atoms with Crippen molar-refractivity contribution in [1.82, 2.24) is 10.5 Å². The quantitative estimate of drug-likeness (QED) is 0.544. The van der Waals surface area contributed by atoms with Crippen molar-refractivity contribution in [2.24, 2.45) is 0 Å². The minimum Gasteiger partial charge on any atom is -0.356 e. The molecule has 0 spiro atoms. The first-order valence-corrected chi connectivity index (χ1v) is 9.36. The topological polar surface area (TPSA) is 55.1 Å². The molecule has 0 aliphatic rings. The number of amides is 1. The number of nitrogens with one attached hydrogen (secondary N) is 1. The summed E-state index contributed by atoms with van der Waals surface area (Å²) in [6.07, 6.45) is 0.173. The Balaban J connectivity index is 1.61. The van der Waals surface area contributed by atoms with E-state index >= 15 is 0 Å². The minimum atomic E-state index is -0.212. The van der Waals surface area contributed by atoms with Crippen LogP contribution in [0.25, 0.3) is 11.0 Å². The Labute approximate surface area is 164 Å². The second kappa shape index (κ2) is 7.69. The van der Waals surface area contributed by atoms with Crippen LogP contribution >= 0.6 is 0 Å². The summed E-state index contributed by atoms with van der Waals surface area (Å²) in [7, 11) is 0. The van der Waals surface area contributed by atoms with Crippen molar-refractivity contribution in [3.63, 3.8) is 0 Å². The van der Waals surface area contributed by atoms with Crippen molar-refractivity contribution in [3.8, 4) is 0 Å². The molecule has 1 aromatic heterocycles. The fraction of sp³-hybridized carbons (Fsp3) is 0.167. The van der Waals surface area contributed by atoms with Crippen LogP contribution in [0, 0.1) is 13.8 Å². The lowest BCUT2D eigenvalue weighted by Gasteiger charge is -2.19. The summed E-state index contributed by atoms with van der Waals surface area (Å²) in [6.45, 7) is 4.02. The maximum Gasteiger partial charge on any atom is 0.226 e. The van der Waals surface area contributed by atoms with Crippen LogP contribution in [0.15, 0.2) is 77.3 Å².